The molecule has 2 aliphatic heterocycles. The maximum absolute atomic E-state index is 14.2. The minimum Gasteiger partial charge on any atom is -0.350 e. The van der Waals surface area contributed by atoms with Crippen LogP contribution in [0.15, 0.2) is 66.7 Å². The van der Waals surface area contributed by atoms with E-state index in [1.54, 1.807) is 47.4 Å². The standard InChI is InChI=1S/C32H38N4O7S2/c1-2-33-31(39)34-25-12-8-11-24(21-25)26-14-15-27(44-26)32(22-28(37)35-43-29-13-6-7-19-42-29)16-17-36(18-20-45(32,40)41)30(38)23-9-4-3-5-10-23/h3-5,8-12,14-15,21,29H,2,6-7,13,16-20,22H2,1H3,(H,35,37)(H2,33,34,39). The maximum Gasteiger partial charge on any atom is 0.319 e. The fraction of sp³-hybridized carbons (Fsp3) is 0.406. The summed E-state index contributed by atoms with van der Waals surface area (Å²) in [5, 5.41) is 5.49. The molecule has 3 heterocycles. The number of urea groups is 1. The number of ether oxygens (including phenoxy) is 1. The third-order valence-electron chi connectivity index (χ3n) is 8.00. The molecule has 240 valence electrons. The molecular formula is C32H38N4O7S2. The van der Waals surface area contributed by atoms with Crippen molar-refractivity contribution in [2.24, 2.45) is 0 Å². The van der Waals surface area contributed by atoms with E-state index in [-0.39, 0.29) is 43.6 Å². The number of nitrogens with one attached hydrogen (secondary N) is 3. The molecule has 5 rings (SSSR count). The van der Waals surface area contributed by atoms with Crippen LogP contribution in [0.2, 0.25) is 0 Å². The molecule has 0 spiro atoms. The fourth-order valence-electron chi connectivity index (χ4n) is 5.59. The molecule has 1 aromatic heterocycles. The number of hydrogen-bond donors (Lipinski definition) is 3. The highest BCUT2D eigenvalue weighted by molar-refractivity contribution is 7.92. The molecule has 11 nitrogen and oxygen atoms in total. The number of hydroxylamine groups is 1. The van der Waals surface area contributed by atoms with Gasteiger partial charge in [-0.1, -0.05) is 30.3 Å². The van der Waals surface area contributed by atoms with Gasteiger partial charge in [0.2, 0.25) is 5.91 Å². The highest BCUT2D eigenvalue weighted by Gasteiger charge is 2.50. The number of benzene rings is 2. The number of carbonyl (C=O) groups excluding carboxylic acids is 3. The first kappa shape index (κ1) is 32.6. The molecule has 2 aromatic carbocycles. The predicted molar refractivity (Wildman–Crippen MR) is 172 cm³/mol. The first-order chi connectivity index (χ1) is 21.7. The molecule has 2 unspecified atom stereocenters. The minimum absolute atomic E-state index is 0.0115. The van der Waals surface area contributed by atoms with Crippen molar-refractivity contribution in [2.45, 2.75) is 50.1 Å². The maximum atomic E-state index is 14.2. The number of sulfone groups is 1. The zero-order chi connectivity index (χ0) is 31.9. The van der Waals surface area contributed by atoms with Gasteiger partial charge in [0.15, 0.2) is 16.1 Å². The SMILES string of the molecule is CCNC(=O)Nc1cccc(-c2ccc(C3(CC(=O)NOC4CCCCO4)CCN(C(=O)c4ccccc4)CCS3(=O)=O)s2)c1. The average Bonchev–Trinajstić information content (AvgIpc) is 3.50. The van der Waals surface area contributed by atoms with Crippen LogP contribution in [0.3, 0.4) is 0 Å². The Morgan fingerprint density at radius 3 is 2.62 bits per heavy atom. The van der Waals surface area contributed by atoms with E-state index in [1.807, 2.05) is 31.2 Å². The molecule has 2 aliphatic rings. The number of thiophene rings is 1. The summed E-state index contributed by atoms with van der Waals surface area (Å²) in [5.41, 5.74) is 4.28. The van der Waals surface area contributed by atoms with Crippen LogP contribution in [-0.2, 0) is 29.0 Å². The second kappa shape index (κ2) is 14.5. The van der Waals surface area contributed by atoms with Gasteiger partial charge in [0, 0.05) is 53.7 Å². The van der Waals surface area contributed by atoms with E-state index in [0.29, 0.717) is 35.7 Å². The van der Waals surface area contributed by atoms with Crippen LogP contribution in [0.4, 0.5) is 10.5 Å². The van der Waals surface area contributed by atoms with Crippen molar-refractivity contribution in [2.75, 3.05) is 37.3 Å². The number of anilines is 1. The van der Waals surface area contributed by atoms with Crippen LogP contribution in [0, 0.1) is 0 Å². The van der Waals surface area contributed by atoms with Gasteiger partial charge in [-0.05, 0) is 68.1 Å². The molecule has 0 aliphatic carbocycles. The Hall–Kier alpha value is -3.78. The topological polar surface area (TPSA) is 143 Å². The van der Waals surface area contributed by atoms with Gasteiger partial charge in [-0.3, -0.25) is 9.59 Å². The van der Waals surface area contributed by atoms with Crippen molar-refractivity contribution in [3.05, 3.63) is 77.2 Å². The number of hydrogen-bond acceptors (Lipinski definition) is 8. The van der Waals surface area contributed by atoms with Gasteiger partial charge in [0.1, 0.15) is 4.75 Å². The normalized spacial score (nSPS) is 21.4. The third kappa shape index (κ3) is 7.72. The summed E-state index contributed by atoms with van der Waals surface area (Å²) in [4.78, 5) is 47.1. The Morgan fingerprint density at radius 1 is 1.04 bits per heavy atom. The van der Waals surface area contributed by atoms with E-state index in [2.05, 4.69) is 16.1 Å². The lowest BCUT2D eigenvalue weighted by molar-refractivity contribution is -0.200. The van der Waals surface area contributed by atoms with Gasteiger partial charge in [-0.25, -0.2) is 23.5 Å². The molecule has 13 heteroatoms. The zero-order valence-electron chi connectivity index (χ0n) is 25.1. The quantitative estimate of drug-likeness (QED) is 0.285. The number of nitrogens with zero attached hydrogens (tertiary/aromatic N) is 1. The summed E-state index contributed by atoms with van der Waals surface area (Å²) in [6.07, 6.45) is 1.51. The monoisotopic (exact) mass is 654 g/mol. The van der Waals surface area contributed by atoms with E-state index >= 15 is 0 Å². The molecule has 2 saturated heterocycles. The van der Waals surface area contributed by atoms with Gasteiger partial charge < -0.3 is 20.3 Å². The minimum atomic E-state index is -3.96. The molecule has 2 fully saturated rings. The average molecular weight is 655 g/mol. The van der Waals surface area contributed by atoms with Crippen molar-refractivity contribution in [1.29, 1.82) is 0 Å². The van der Waals surface area contributed by atoms with Crippen molar-refractivity contribution in [1.82, 2.24) is 15.7 Å². The van der Waals surface area contributed by atoms with E-state index in [4.69, 9.17) is 9.57 Å². The summed E-state index contributed by atoms with van der Waals surface area (Å²) in [6, 6.07) is 19.2. The van der Waals surface area contributed by atoms with Crippen LogP contribution in [0.5, 0.6) is 0 Å². The van der Waals surface area contributed by atoms with E-state index in [9.17, 15) is 22.8 Å². The summed E-state index contributed by atoms with van der Waals surface area (Å²) < 4.78 is 32.4. The van der Waals surface area contributed by atoms with Crippen LogP contribution in [0.25, 0.3) is 10.4 Å². The number of amides is 4. The lowest BCUT2D eigenvalue weighted by Gasteiger charge is -2.31. The Bertz CT molecular complexity index is 1610. The molecule has 45 heavy (non-hydrogen) atoms. The van der Waals surface area contributed by atoms with Crippen molar-refractivity contribution < 1.29 is 32.4 Å². The Morgan fingerprint density at radius 2 is 1.87 bits per heavy atom. The Kier molecular flexibility index (Phi) is 10.5. The number of carbonyl (C=O) groups is 3. The van der Waals surface area contributed by atoms with Crippen molar-refractivity contribution in [3.8, 4) is 10.4 Å². The van der Waals surface area contributed by atoms with E-state index < -0.39 is 26.8 Å². The molecule has 4 amide bonds. The van der Waals surface area contributed by atoms with E-state index in [0.717, 1.165) is 23.3 Å². The van der Waals surface area contributed by atoms with Crippen molar-refractivity contribution >= 4 is 44.7 Å². The Labute approximate surface area is 267 Å². The van der Waals surface area contributed by atoms with Gasteiger partial charge in [-0.15, -0.1) is 11.3 Å². The molecule has 2 atom stereocenters. The first-order valence-electron chi connectivity index (χ1n) is 15.1. The Balaban J connectivity index is 1.44. The second-order valence-electron chi connectivity index (χ2n) is 11.1. The van der Waals surface area contributed by atoms with Gasteiger partial charge in [-0.2, -0.15) is 0 Å². The van der Waals surface area contributed by atoms with E-state index in [1.165, 1.54) is 11.3 Å². The number of rotatable bonds is 9. The highest BCUT2D eigenvalue weighted by Crippen LogP contribution is 2.45. The van der Waals surface area contributed by atoms with Gasteiger partial charge in [0.25, 0.3) is 5.91 Å². The first-order valence-corrected chi connectivity index (χ1v) is 17.6. The van der Waals surface area contributed by atoms with Gasteiger partial charge in [0.05, 0.1) is 12.2 Å². The summed E-state index contributed by atoms with van der Waals surface area (Å²) in [6.45, 7) is 3.00. The fourth-order valence-corrected chi connectivity index (χ4v) is 9.19. The lowest BCUT2D eigenvalue weighted by atomic mass is 9.97. The van der Waals surface area contributed by atoms with Crippen LogP contribution >= 0.6 is 11.3 Å². The third-order valence-corrected chi connectivity index (χ3v) is 12.0. The predicted octanol–water partition coefficient (Wildman–Crippen LogP) is 4.68. The summed E-state index contributed by atoms with van der Waals surface area (Å²) in [5.74, 6) is -1.14. The summed E-state index contributed by atoms with van der Waals surface area (Å²) in [7, 11) is -3.96. The second-order valence-corrected chi connectivity index (χ2v) is 14.6. The molecular weight excluding hydrogens is 617 g/mol. The summed E-state index contributed by atoms with van der Waals surface area (Å²) >= 11 is 1.28. The molecule has 0 saturated carbocycles. The lowest BCUT2D eigenvalue weighted by Crippen LogP contribution is -2.43. The smallest absolute Gasteiger partial charge is 0.319 e. The molecule has 0 bridgehead atoms. The highest BCUT2D eigenvalue weighted by atomic mass is 32.2. The molecule has 0 radical (unpaired) electrons. The molecule has 3 N–H and O–H groups in total. The van der Waals surface area contributed by atoms with Gasteiger partial charge >= 0.3 is 6.03 Å². The van der Waals surface area contributed by atoms with Crippen LogP contribution < -0.4 is 16.1 Å². The zero-order valence-corrected chi connectivity index (χ0v) is 26.8. The largest absolute Gasteiger partial charge is 0.350 e. The molecule has 3 aromatic rings. The van der Waals surface area contributed by atoms with Crippen molar-refractivity contribution in [3.63, 3.8) is 0 Å². The van der Waals surface area contributed by atoms with Crippen LogP contribution in [-0.4, -0.2) is 69.4 Å². The van der Waals surface area contributed by atoms with Crippen LogP contribution in [0.1, 0.15) is 54.3 Å².